The third-order valence-electron chi connectivity index (χ3n) is 3.19. The van der Waals surface area contributed by atoms with Crippen molar-refractivity contribution < 1.29 is 10.2 Å². The van der Waals surface area contributed by atoms with Gasteiger partial charge in [-0.1, -0.05) is 13.8 Å². The zero-order chi connectivity index (χ0) is 13.4. The third-order valence-corrected chi connectivity index (χ3v) is 3.19. The molecule has 0 spiro atoms. The highest BCUT2D eigenvalue weighted by atomic mass is 16.3. The number of anilines is 1. The van der Waals surface area contributed by atoms with Gasteiger partial charge in [0.15, 0.2) is 0 Å². The van der Waals surface area contributed by atoms with Crippen molar-refractivity contribution in [2.75, 3.05) is 18.0 Å². The lowest BCUT2D eigenvalue weighted by Gasteiger charge is -2.12. The van der Waals surface area contributed by atoms with E-state index in [1.165, 1.54) is 0 Å². The van der Waals surface area contributed by atoms with Crippen LogP contribution in [0.15, 0.2) is 0 Å². The van der Waals surface area contributed by atoms with Gasteiger partial charge in [-0.2, -0.15) is 4.98 Å². The summed E-state index contributed by atoms with van der Waals surface area (Å²) in [5.74, 6) is 1.84. The van der Waals surface area contributed by atoms with Crippen molar-refractivity contribution in [1.29, 1.82) is 0 Å². The number of aromatic nitrogens is 3. The average molecular weight is 254 g/mol. The lowest BCUT2D eigenvalue weighted by molar-refractivity contribution is 0.0572. The molecule has 2 N–H and O–H groups in total. The largest absolute Gasteiger partial charge is 0.388 e. The summed E-state index contributed by atoms with van der Waals surface area (Å²) < 4.78 is 1.91. The van der Waals surface area contributed by atoms with Crippen molar-refractivity contribution in [3.8, 4) is 0 Å². The van der Waals surface area contributed by atoms with Crippen LogP contribution in [0.1, 0.15) is 45.5 Å². The van der Waals surface area contributed by atoms with Gasteiger partial charge in [0.05, 0.1) is 12.2 Å². The van der Waals surface area contributed by atoms with E-state index in [9.17, 15) is 10.2 Å². The van der Waals surface area contributed by atoms with E-state index in [1.807, 2.05) is 9.58 Å². The maximum absolute atomic E-state index is 9.57. The topological polar surface area (TPSA) is 74.4 Å². The predicted octanol–water partition coefficient (Wildman–Crippen LogP) is 0.524. The maximum atomic E-state index is 9.57. The lowest BCUT2D eigenvalue weighted by Crippen LogP contribution is -2.22. The molecule has 18 heavy (non-hydrogen) atoms. The van der Waals surface area contributed by atoms with Gasteiger partial charge in [0.2, 0.25) is 5.95 Å². The number of β-amino-alcohol motifs (C(OH)–C–C–N with tert-alkyl or cyclic N) is 2. The molecule has 0 amide bonds. The minimum atomic E-state index is -0.710. The average Bonchev–Trinajstić information content (AvgIpc) is 2.83. The van der Waals surface area contributed by atoms with Gasteiger partial charge in [-0.05, 0) is 13.8 Å². The van der Waals surface area contributed by atoms with Crippen LogP contribution in [0.4, 0.5) is 5.95 Å². The summed E-state index contributed by atoms with van der Waals surface area (Å²) in [4.78, 5) is 6.37. The Bertz CT molecular complexity index is 381. The first-order valence-electron chi connectivity index (χ1n) is 6.47. The summed E-state index contributed by atoms with van der Waals surface area (Å²) in [6.45, 7) is 9.08. The summed E-state index contributed by atoms with van der Waals surface area (Å²) in [5, 5.41) is 23.6. The monoisotopic (exact) mass is 254 g/mol. The van der Waals surface area contributed by atoms with Gasteiger partial charge in [-0.3, -0.25) is 0 Å². The Kier molecular flexibility index (Phi) is 3.59. The molecule has 0 aromatic carbocycles. The standard InChI is InChI=1S/C12H22N4O2/c1-7(2)11-13-12(14-16(11)8(3)4)15-5-9(17)10(18)6-15/h7-10,17-18H,5-6H2,1-4H3. The normalized spacial score (nSPS) is 24.6. The molecule has 1 aliphatic heterocycles. The molecule has 0 radical (unpaired) electrons. The number of nitrogens with zero attached hydrogens (tertiary/aromatic N) is 4. The molecular weight excluding hydrogens is 232 g/mol. The number of hydrogen-bond donors (Lipinski definition) is 2. The molecule has 0 bridgehead atoms. The smallest absolute Gasteiger partial charge is 0.245 e. The van der Waals surface area contributed by atoms with Crippen LogP contribution in [0.3, 0.4) is 0 Å². The van der Waals surface area contributed by atoms with E-state index in [4.69, 9.17) is 0 Å². The molecule has 2 heterocycles. The fourth-order valence-corrected chi connectivity index (χ4v) is 2.16. The van der Waals surface area contributed by atoms with Crippen LogP contribution < -0.4 is 4.90 Å². The number of aliphatic hydroxyl groups excluding tert-OH is 2. The Morgan fingerprint density at radius 1 is 1.11 bits per heavy atom. The van der Waals surface area contributed by atoms with E-state index in [-0.39, 0.29) is 6.04 Å². The van der Waals surface area contributed by atoms with E-state index in [0.717, 1.165) is 5.82 Å². The van der Waals surface area contributed by atoms with Gasteiger partial charge in [0.25, 0.3) is 0 Å². The van der Waals surface area contributed by atoms with Gasteiger partial charge in [-0.25, -0.2) is 4.68 Å². The summed E-state index contributed by atoms with van der Waals surface area (Å²) in [6.07, 6.45) is -1.42. The zero-order valence-corrected chi connectivity index (χ0v) is 11.4. The zero-order valence-electron chi connectivity index (χ0n) is 11.4. The van der Waals surface area contributed by atoms with Crippen LogP contribution in [0.5, 0.6) is 0 Å². The molecule has 2 atom stereocenters. The Morgan fingerprint density at radius 2 is 1.67 bits per heavy atom. The summed E-state index contributed by atoms with van der Waals surface area (Å²) in [5.41, 5.74) is 0. The third kappa shape index (κ3) is 2.35. The molecule has 1 saturated heterocycles. The first-order chi connectivity index (χ1) is 8.40. The van der Waals surface area contributed by atoms with Crippen LogP contribution in [-0.2, 0) is 0 Å². The molecule has 1 aromatic rings. The molecule has 2 rings (SSSR count). The number of hydrogen-bond acceptors (Lipinski definition) is 5. The molecule has 2 unspecified atom stereocenters. The summed E-state index contributed by atoms with van der Waals surface area (Å²) in [7, 11) is 0. The fourth-order valence-electron chi connectivity index (χ4n) is 2.16. The SMILES string of the molecule is CC(C)c1nc(N2CC(O)C(O)C2)nn1C(C)C. The quantitative estimate of drug-likeness (QED) is 0.823. The summed E-state index contributed by atoms with van der Waals surface area (Å²) in [6, 6.07) is 0.251. The van der Waals surface area contributed by atoms with Crippen LogP contribution in [-0.4, -0.2) is 50.3 Å². The highest BCUT2D eigenvalue weighted by Gasteiger charge is 2.32. The van der Waals surface area contributed by atoms with Gasteiger partial charge in [0, 0.05) is 25.0 Å². The van der Waals surface area contributed by atoms with Crippen molar-refractivity contribution in [1.82, 2.24) is 14.8 Å². The second-order valence-corrected chi connectivity index (χ2v) is 5.50. The minimum Gasteiger partial charge on any atom is -0.388 e. The van der Waals surface area contributed by atoms with Crippen molar-refractivity contribution in [3.05, 3.63) is 5.82 Å². The molecule has 1 fully saturated rings. The van der Waals surface area contributed by atoms with Gasteiger partial charge in [-0.15, -0.1) is 5.10 Å². The molecule has 102 valence electrons. The second-order valence-electron chi connectivity index (χ2n) is 5.50. The molecule has 0 saturated carbocycles. The fraction of sp³-hybridized carbons (Fsp3) is 0.833. The van der Waals surface area contributed by atoms with E-state index in [1.54, 1.807) is 0 Å². The molecule has 0 aliphatic carbocycles. The Labute approximate surface area is 107 Å². The van der Waals surface area contributed by atoms with E-state index in [0.29, 0.717) is 25.0 Å². The van der Waals surface area contributed by atoms with Crippen molar-refractivity contribution in [3.63, 3.8) is 0 Å². The number of aliphatic hydroxyl groups is 2. The predicted molar refractivity (Wildman–Crippen MR) is 68.7 cm³/mol. The maximum Gasteiger partial charge on any atom is 0.245 e. The van der Waals surface area contributed by atoms with E-state index < -0.39 is 12.2 Å². The van der Waals surface area contributed by atoms with E-state index >= 15 is 0 Å². The Balaban J connectivity index is 2.27. The van der Waals surface area contributed by atoms with Crippen LogP contribution in [0, 0.1) is 0 Å². The number of rotatable bonds is 3. The van der Waals surface area contributed by atoms with Gasteiger partial charge in [0.1, 0.15) is 5.82 Å². The highest BCUT2D eigenvalue weighted by Crippen LogP contribution is 2.23. The summed E-state index contributed by atoms with van der Waals surface area (Å²) >= 11 is 0. The van der Waals surface area contributed by atoms with Crippen molar-refractivity contribution in [2.24, 2.45) is 0 Å². The van der Waals surface area contributed by atoms with Crippen molar-refractivity contribution in [2.45, 2.75) is 51.9 Å². The minimum absolute atomic E-state index is 0.251. The first-order valence-corrected chi connectivity index (χ1v) is 6.47. The van der Waals surface area contributed by atoms with Crippen LogP contribution in [0.25, 0.3) is 0 Å². The Morgan fingerprint density at radius 3 is 2.06 bits per heavy atom. The lowest BCUT2D eigenvalue weighted by atomic mass is 10.2. The second kappa shape index (κ2) is 4.85. The van der Waals surface area contributed by atoms with E-state index in [2.05, 4.69) is 37.8 Å². The molecule has 1 aromatic heterocycles. The molecule has 6 heteroatoms. The highest BCUT2D eigenvalue weighted by molar-refractivity contribution is 5.33. The van der Waals surface area contributed by atoms with Crippen LogP contribution >= 0.6 is 0 Å². The Hall–Kier alpha value is -1.14. The molecular formula is C12H22N4O2. The van der Waals surface area contributed by atoms with Crippen LogP contribution in [0.2, 0.25) is 0 Å². The van der Waals surface area contributed by atoms with Gasteiger partial charge >= 0.3 is 0 Å². The van der Waals surface area contributed by atoms with Crippen molar-refractivity contribution >= 4 is 5.95 Å². The first kappa shape index (κ1) is 13.3. The molecule has 6 nitrogen and oxygen atoms in total. The molecule has 1 aliphatic rings. The van der Waals surface area contributed by atoms with Gasteiger partial charge < -0.3 is 15.1 Å².